The van der Waals surface area contributed by atoms with Crippen LogP contribution < -0.4 is 0 Å². The summed E-state index contributed by atoms with van der Waals surface area (Å²) in [7, 11) is 0. The van der Waals surface area contributed by atoms with E-state index < -0.39 is 0 Å². The van der Waals surface area contributed by atoms with Crippen molar-refractivity contribution in [1.29, 1.82) is 0 Å². The molecule has 0 fully saturated rings. The van der Waals surface area contributed by atoms with Gasteiger partial charge < -0.3 is 15.0 Å². The molecule has 8 heteroatoms. The summed E-state index contributed by atoms with van der Waals surface area (Å²) in [6.45, 7) is 40.5. The summed E-state index contributed by atoms with van der Waals surface area (Å²) in [6, 6.07) is 121. The molecule has 16 aromatic rings. The summed E-state index contributed by atoms with van der Waals surface area (Å²) in [5.74, 6) is 0.661. The van der Waals surface area contributed by atoms with Gasteiger partial charge in [0.1, 0.15) is 0 Å². The first kappa shape index (κ1) is 91.1. The zero-order chi connectivity index (χ0) is 83.3. The average Bonchev–Trinajstić information content (AvgIpc) is 0.794. The molecule has 121 heavy (non-hydrogen) atoms. The van der Waals surface area contributed by atoms with Gasteiger partial charge in [-0.1, -0.05) is 319 Å². The van der Waals surface area contributed by atoms with Gasteiger partial charge in [0, 0.05) is 95.6 Å². The van der Waals surface area contributed by atoms with Crippen LogP contribution in [0.4, 0.5) is 0 Å². The topological polar surface area (TPSA) is 64.5 Å². The van der Waals surface area contributed by atoms with Gasteiger partial charge in [0.15, 0.2) is 5.82 Å². The van der Waals surface area contributed by atoms with Crippen LogP contribution in [0.1, 0.15) is 158 Å². The normalized spacial score (nSPS) is 11.7. The Hall–Kier alpha value is -10.6. The number of hydrogen-bond acceptors (Lipinski definition) is 5. The first-order valence-electron chi connectivity index (χ1n) is 41.3. The predicted octanol–water partition coefficient (Wildman–Crippen LogP) is 30.4. The van der Waals surface area contributed by atoms with E-state index in [-0.39, 0.29) is 92.8 Å². The molecule has 0 atom stereocenters. The third-order valence-electron chi connectivity index (χ3n) is 22.2. The molecule has 0 N–H and O–H groups in total. The van der Waals surface area contributed by atoms with Gasteiger partial charge in [-0.25, -0.2) is 9.97 Å². The molecule has 4 aromatic heterocycles. The molecule has 0 saturated heterocycles. The van der Waals surface area contributed by atoms with Crippen LogP contribution in [0.25, 0.3) is 145 Å². The Balaban J connectivity index is 0.000000175. The number of benzene rings is 12. The molecule has 0 aliphatic carbocycles. The Morgan fingerprint density at radius 2 is 0.554 bits per heavy atom. The van der Waals surface area contributed by atoms with Crippen LogP contribution in [-0.2, 0) is 92.8 Å². The van der Waals surface area contributed by atoms with Gasteiger partial charge in [0.25, 0.3) is 0 Å². The minimum Gasteiger partial charge on any atom is -0.305 e. The first-order chi connectivity index (χ1) is 56.2. The summed E-state index contributed by atoms with van der Waals surface area (Å²) >= 11 is 0. The molecule has 4 heterocycles. The Bertz CT molecular complexity index is 5910. The molecule has 3 radical (unpaired) electrons. The third kappa shape index (κ3) is 22.6. The smallest absolute Gasteiger partial charge is 0.161 e. The Morgan fingerprint density at radius 3 is 0.917 bits per heavy atom. The SMILES string of the molecule is CC(C)(C)c1ccc(-c2cc(-c3ccc(C(C)(C)C)cc3)cc(-c3cc[c-]c(-c4ccccn4)c3)c2)cc1.CC(C)(C)c1ccc(-c2cc(-c3ccc(C(C)(C)C)cc3)cc(-c3cc[c-]c(-c4nccc5ccccc45)c3)c2)cc1.CC(C)(C)c1ccc(-c2cc(-c3ccc(C(C)(C)C)cc3)nc(-c3ccc(-c4[c-]cccc4)nc3)n2)cc1.[Ir].[Ir].[Ir]. The van der Waals surface area contributed by atoms with Crippen LogP contribution in [-0.4, -0.2) is 24.9 Å². The maximum absolute atomic E-state index is 4.99. The first-order valence-corrected chi connectivity index (χ1v) is 41.3. The van der Waals surface area contributed by atoms with E-state index in [1.807, 2.05) is 85.3 Å². The zero-order valence-corrected chi connectivity index (χ0v) is 80.1. The maximum Gasteiger partial charge on any atom is 0.161 e. The largest absolute Gasteiger partial charge is 0.305 e. The number of nitrogens with zero attached hydrogens (tertiary/aromatic N) is 5. The van der Waals surface area contributed by atoms with E-state index in [1.54, 1.807) is 0 Å². The van der Waals surface area contributed by atoms with Crippen LogP contribution in [0.3, 0.4) is 0 Å². The second-order valence-electron chi connectivity index (χ2n) is 37.3. The van der Waals surface area contributed by atoms with E-state index in [0.717, 1.165) is 78.4 Å². The zero-order valence-electron chi connectivity index (χ0n) is 72.9. The molecule has 615 valence electrons. The fourth-order valence-electron chi connectivity index (χ4n) is 14.7. The van der Waals surface area contributed by atoms with Crippen molar-refractivity contribution in [3.05, 3.63) is 380 Å². The van der Waals surface area contributed by atoms with Crippen molar-refractivity contribution in [2.24, 2.45) is 0 Å². The van der Waals surface area contributed by atoms with Gasteiger partial charge in [-0.05, 0) is 204 Å². The fourth-order valence-corrected chi connectivity index (χ4v) is 14.7. The summed E-state index contributed by atoms with van der Waals surface area (Å²) in [5, 5.41) is 2.32. The summed E-state index contributed by atoms with van der Waals surface area (Å²) in [5.41, 5.74) is 33.6. The van der Waals surface area contributed by atoms with Crippen molar-refractivity contribution in [2.75, 3.05) is 0 Å². The molecule has 0 spiro atoms. The molecule has 0 bridgehead atoms. The fraction of sp³-hybridized carbons (Fsp3) is 0.212. The van der Waals surface area contributed by atoms with Gasteiger partial charge in [0.05, 0.1) is 11.4 Å². The van der Waals surface area contributed by atoms with Crippen LogP contribution >= 0.6 is 0 Å². The Morgan fingerprint density at radius 1 is 0.215 bits per heavy atom. The van der Waals surface area contributed by atoms with Crippen molar-refractivity contribution in [3.8, 4) is 134 Å². The number of aromatic nitrogens is 5. The van der Waals surface area contributed by atoms with E-state index in [2.05, 4.69) is 390 Å². The summed E-state index contributed by atoms with van der Waals surface area (Å²) in [4.78, 5) is 24.0. The second-order valence-corrected chi connectivity index (χ2v) is 37.3. The van der Waals surface area contributed by atoms with Crippen LogP contribution in [0.5, 0.6) is 0 Å². The second kappa shape index (κ2) is 38.2. The molecule has 0 unspecified atom stereocenters. The van der Waals surface area contributed by atoms with Gasteiger partial charge in [-0.15, -0.1) is 107 Å². The molecular formula is C113H108Ir3N5-3. The Labute approximate surface area is 760 Å². The monoisotopic (exact) mass is 2110 g/mol. The van der Waals surface area contributed by atoms with E-state index in [1.165, 1.54) is 94.4 Å². The van der Waals surface area contributed by atoms with Crippen molar-refractivity contribution in [3.63, 3.8) is 0 Å². The number of hydrogen-bond donors (Lipinski definition) is 0. The Kier molecular flexibility index (Phi) is 28.8. The quantitative estimate of drug-likeness (QED) is 0.114. The van der Waals surface area contributed by atoms with Crippen molar-refractivity contribution in [1.82, 2.24) is 24.9 Å². The summed E-state index contributed by atoms with van der Waals surface area (Å²) < 4.78 is 0. The number of rotatable bonds is 12. The third-order valence-corrected chi connectivity index (χ3v) is 22.2. The van der Waals surface area contributed by atoms with E-state index in [4.69, 9.17) is 19.9 Å². The maximum atomic E-state index is 4.99. The minimum absolute atomic E-state index is 0. The van der Waals surface area contributed by atoms with Crippen LogP contribution in [0, 0.1) is 18.2 Å². The molecule has 0 amide bonds. The van der Waals surface area contributed by atoms with Gasteiger partial charge in [0.2, 0.25) is 0 Å². The number of fused-ring (bicyclic) bond motifs is 1. The van der Waals surface area contributed by atoms with Gasteiger partial charge >= 0.3 is 0 Å². The van der Waals surface area contributed by atoms with Gasteiger partial charge in [-0.3, -0.25) is 0 Å². The van der Waals surface area contributed by atoms with E-state index >= 15 is 0 Å². The van der Waals surface area contributed by atoms with E-state index in [0.29, 0.717) is 5.82 Å². The molecule has 0 aliphatic rings. The summed E-state index contributed by atoms with van der Waals surface area (Å²) in [6.07, 6.45) is 5.57. The molecule has 5 nitrogen and oxygen atoms in total. The standard InChI is InChI=1S/C41H38N.C37H36N.C35H34N3.3Ir/c1-40(2,3)36-18-14-28(15-19-36)33-25-34(29-16-20-37(21-17-29)41(4,5)6)27-35(26-33)31-11-9-12-32(24-31)39-38-13-8-7-10-30(38)22-23-42-39;1-36(2,3)33-17-13-26(14-18-33)30-23-31(27-15-19-34(20-16-27)37(4,5)6)25-32(24-30)28-10-9-11-29(22-28)35-12-7-8-21-38-35;1-34(2,3)28-17-12-25(13-18-28)31-22-32(26-14-19-29(20-15-26)35(4,5)6)38-33(37-31)27-16-21-30(36-23-27)24-10-8-7-9-11-24;;;/h7-11,13-27H,1-6H3;7-10,12-25H,1-6H3;7-10,12-23H,1-6H3;;;/q3*-1;;;. The molecular weight excluding hydrogens is 2000 g/mol. The predicted molar refractivity (Wildman–Crippen MR) is 500 cm³/mol. The van der Waals surface area contributed by atoms with Crippen molar-refractivity contribution < 1.29 is 60.3 Å². The minimum atomic E-state index is 0. The van der Waals surface area contributed by atoms with Gasteiger partial charge in [-0.2, -0.15) is 0 Å². The van der Waals surface area contributed by atoms with Crippen molar-refractivity contribution >= 4 is 10.8 Å². The molecule has 0 saturated carbocycles. The van der Waals surface area contributed by atoms with Crippen LogP contribution in [0.15, 0.2) is 328 Å². The van der Waals surface area contributed by atoms with E-state index in [9.17, 15) is 0 Å². The van der Waals surface area contributed by atoms with Crippen molar-refractivity contribution in [2.45, 2.75) is 157 Å². The molecule has 0 aliphatic heterocycles. The van der Waals surface area contributed by atoms with Crippen LogP contribution in [0.2, 0.25) is 0 Å². The number of pyridine rings is 3. The molecule has 16 rings (SSSR count). The molecule has 12 aromatic carbocycles. The average molecular weight is 2110 g/mol.